The van der Waals surface area contributed by atoms with E-state index in [1.54, 1.807) is 36.4 Å². The second kappa shape index (κ2) is 15.8. The van der Waals surface area contributed by atoms with Crippen molar-refractivity contribution in [2.45, 2.75) is 64.9 Å². The van der Waals surface area contributed by atoms with Gasteiger partial charge >= 0.3 is 12.1 Å². The lowest BCUT2D eigenvalue weighted by Gasteiger charge is -2.29. The predicted octanol–water partition coefficient (Wildman–Crippen LogP) is 7.31. The topological polar surface area (TPSA) is 159 Å². The van der Waals surface area contributed by atoms with Crippen molar-refractivity contribution in [3.05, 3.63) is 89.5 Å². The third kappa shape index (κ3) is 9.91. The average Bonchev–Trinajstić information content (AvgIpc) is 3.62. The van der Waals surface area contributed by atoms with Crippen LogP contribution in [0.4, 0.5) is 10.5 Å². The van der Waals surface area contributed by atoms with Crippen molar-refractivity contribution in [3.63, 3.8) is 0 Å². The molecule has 11 nitrogen and oxygen atoms in total. The number of carboxylic acid groups (broad SMARTS) is 1. The molecule has 2 aliphatic rings. The summed E-state index contributed by atoms with van der Waals surface area (Å²) in [6.45, 7) is 6.28. The SMILES string of the molecule is CC(C)(C)OC(=O)NCC1CCC(C(=O)C[C@@H](Cc2ccc(-c3ccccc3C(=O)O)cc2)C(=O)Nc2ccc(C3=NCN=N3)cc2)CC1. The number of amidine groups is 1. The van der Waals surface area contributed by atoms with E-state index in [4.69, 9.17) is 4.74 Å². The van der Waals surface area contributed by atoms with Crippen molar-refractivity contribution in [3.8, 4) is 11.1 Å². The molecule has 0 bridgehead atoms. The highest BCUT2D eigenvalue weighted by atomic mass is 16.6. The van der Waals surface area contributed by atoms with Gasteiger partial charge < -0.3 is 20.5 Å². The number of benzene rings is 3. The van der Waals surface area contributed by atoms with Gasteiger partial charge in [0.15, 0.2) is 12.5 Å². The molecule has 1 saturated carbocycles. The molecule has 3 aromatic rings. The smallest absolute Gasteiger partial charge is 0.407 e. The lowest BCUT2D eigenvalue weighted by molar-refractivity contribution is -0.129. The van der Waals surface area contributed by atoms with Crippen LogP contribution in [-0.4, -0.2) is 53.5 Å². The molecule has 2 amide bonds. The summed E-state index contributed by atoms with van der Waals surface area (Å²) in [5, 5.41) is 23.4. The van der Waals surface area contributed by atoms with Crippen LogP contribution in [0.5, 0.6) is 0 Å². The van der Waals surface area contributed by atoms with Crippen LogP contribution < -0.4 is 10.6 Å². The maximum absolute atomic E-state index is 13.7. The van der Waals surface area contributed by atoms with E-state index in [1.807, 2.05) is 57.2 Å². The van der Waals surface area contributed by atoms with E-state index < -0.39 is 23.6 Å². The molecule has 0 radical (unpaired) electrons. The van der Waals surface area contributed by atoms with Gasteiger partial charge in [0.1, 0.15) is 11.4 Å². The summed E-state index contributed by atoms with van der Waals surface area (Å²) in [7, 11) is 0. The number of carboxylic acids is 1. The number of alkyl carbamates (subject to hydrolysis) is 1. The summed E-state index contributed by atoms with van der Waals surface area (Å²) in [5.74, 6) is -1.16. The molecule has 3 aromatic carbocycles. The summed E-state index contributed by atoms with van der Waals surface area (Å²) in [5.41, 5.74) is 3.27. The molecule has 1 heterocycles. The number of nitrogens with one attached hydrogen (secondary N) is 2. The first-order valence-electron chi connectivity index (χ1n) is 16.7. The van der Waals surface area contributed by atoms with Crippen LogP contribution in [0.15, 0.2) is 88.0 Å². The number of hydrogen-bond donors (Lipinski definition) is 3. The molecule has 49 heavy (non-hydrogen) atoms. The maximum Gasteiger partial charge on any atom is 0.407 e. The van der Waals surface area contributed by atoms with E-state index in [2.05, 4.69) is 25.9 Å². The van der Waals surface area contributed by atoms with Gasteiger partial charge in [0.2, 0.25) is 5.91 Å². The van der Waals surface area contributed by atoms with Gasteiger partial charge in [-0.3, -0.25) is 9.59 Å². The lowest BCUT2D eigenvalue weighted by atomic mass is 9.77. The minimum atomic E-state index is -1.00. The van der Waals surface area contributed by atoms with Crippen LogP contribution >= 0.6 is 0 Å². The van der Waals surface area contributed by atoms with E-state index in [-0.39, 0.29) is 35.5 Å². The first-order valence-corrected chi connectivity index (χ1v) is 16.7. The van der Waals surface area contributed by atoms with Gasteiger partial charge in [0, 0.05) is 36.1 Å². The fourth-order valence-corrected chi connectivity index (χ4v) is 6.25. The van der Waals surface area contributed by atoms with Crippen molar-refractivity contribution < 1.29 is 29.0 Å². The van der Waals surface area contributed by atoms with E-state index in [1.165, 1.54) is 0 Å². The minimum absolute atomic E-state index is 0.0608. The largest absolute Gasteiger partial charge is 0.478 e. The number of rotatable bonds is 12. The Morgan fingerprint density at radius 1 is 0.898 bits per heavy atom. The summed E-state index contributed by atoms with van der Waals surface area (Å²) in [6, 6.07) is 21.5. The fraction of sp³-hybridized carbons (Fsp3) is 0.395. The Hall–Kier alpha value is -5.19. The molecular weight excluding hydrogens is 622 g/mol. The van der Waals surface area contributed by atoms with Gasteiger partial charge in [0.05, 0.1) is 5.56 Å². The Balaban J connectivity index is 1.25. The number of carbonyl (C=O) groups is 4. The standard InChI is InChI=1S/C38H43N5O6/c1-38(2,3)49-37(48)39-22-25-10-14-27(15-11-25)33(44)21-29(35(45)42-30-18-16-28(17-19-30)34-40-23-41-43-34)20-24-8-12-26(13-9-24)31-6-4-5-7-32(31)36(46)47/h4-9,12-13,16-19,25,27,29H,10-11,14-15,20-23H2,1-3H3,(H,39,48)(H,42,45)(H,46,47)/t25?,27?,29-/m1/s1. The number of ketones is 1. The van der Waals surface area contributed by atoms with E-state index in [9.17, 15) is 24.3 Å². The molecule has 1 aliphatic carbocycles. The van der Waals surface area contributed by atoms with Crippen LogP contribution in [-0.2, 0) is 20.7 Å². The van der Waals surface area contributed by atoms with Crippen molar-refractivity contribution in [2.75, 3.05) is 18.5 Å². The van der Waals surface area contributed by atoms with E-state index in [0.29, 0.717) is 49.6 Å². The predicted molar refractivity (Wildman–Crippen MR) is 187 cm³/mol. The second-order valence-corrected chi connectivity index (χ2v) is 13.7. The van der Waals surface area contributed by atoms with Gasteiger partial charge in [-0.25, -0.2) is 14.6 Å². The Morgan fingerprint density at radius 3 is 2.20 bits per heavy atom. The maximum atomic E-state index is 13.7. The highest BCUT2D eigenvalue weighted by Crippen LogP contribution is 2.32. The molecule has 1 fully saturated rings. The van der Waals surface area contributed by atoms with Crippen molar-refractivity contribution in [1.29, 1.82) is 0 Å². The minimum Gasteiger partial charge on any atom is -0.478 e. The van der Waals surface area contributed by atoms with Gasteiger partial charge in [-0.1, -0.05) is 42.5 Å². The molecule has 1 atom stereocenters. The van der Waals surface area contributed by atoms with Gasteiger partial charge in [-0.2, -0.15) is 5.11 Å². The number of azo groups is 1. The number of hydrogen-bond acceptors (Lipinski definition) is 8. The number of amides is 2. The van der Waals surface area contributed by atoms with E-state index >= 15 is 0 Å². The first kappa shape index (κ1) is 35.1. The highest BCUT2D eigenvalue weighted by Gasteiger charge is 2.31. The van der Waals surface area contributed by atoms with Crippen molar-refractivity contribution in [1.82, 2.24) is 5.32 Å². The van der Waals surface area contributed by atoms with Crippen LogP contribution in [0.2, 0.25) is 0 Å². The summed E-state index contributed by atoms with van der Waals surface area (Å²) in [6.07, 6.45) is 3.01. The Kier molecular flexibility index (Phi) is 11.3. The third-order valence-electron chi connectivity index (χ3n) is 8.82. The average molecular weight is 666 g/mol. The summed E-state index contributed by atoms with van der Waals surface area (Å²) >= 11 is 0. The van der Waals surface area contributed by atoms with Crippen LogP contribution in [0.1, 0.15) is 74.4 Å². The number of aromatic carboxylic acids is 1. The monoisotopic (exact) mass is 665 g/mol. The summed E-state index contributed by atoms with van der Waals surface area (Å²) < 4.78 is 5.34. The molecule has 0 unspecified atom stereocenters. The number of ether oxygens (including phenoxy) is 1. The van der Waals surface area contributed by atoms with Gasteiger partial charge in [-0.05, 0) is 106 Å². The molecule has 0 aromatic heterocycles. The summed E-state index contributed by atoms with van der Waals surface area (Å²) in [4.78, 5) is 55.5. The number of carbonyl (C=O) groups excluding carboxylic acids is 3. The lowest BCUT2D eigenvalue weighted by Crippen LogP contribution is -2.37. The van der Waals surface area contributed by atoms with Crippen LogP contribution in [0, 0.1) is 17.8 Å². The van der Waals surface area contributed by atoms with Crippen LogP contribution in [0.3, 0.4) is 0 Å². The molecular formula is C38H43N5O6. The van der Waals surface area contributed by atoms with Crippen molar-refractivity contribution in [2.24, 2.45) is 33.0 Å². The molecule has 11 heteroatoms. The molecule has 0 spiro atoms. The molecule has 5 rings (SSSR count). The normalized spacial score (nSPS) is 17.9. The van der Waals surface area contributed by atoms with Crippen molar-refractivity contribution >= 4 is 35.3 Å². The fourth-order valence-electron chi connectivity index (χ4n) is 6.25. The Labute approximate surface area is 286 Å². The van der Waals surface area contributed by atoms with Gasteiger partial charge in [0.25, 0.3) is 0 Å². The van der Waals surface area contributed by atoms with Gasteiger partial charge in [-0.15, -0.1) is 5.11 Å². The van der Waals surface area contributed by atoms with Crippen LogP contribution in [0.25, 0.3) is 11.1 Å². The number of nitrogens with zero attached hydrogens (tertiary/aromatic N) is 3. The quantitative estimate of drug-likeness (QED) is 0.184. The molecule has 256 valence electrons. The Morgan fingerprint density at radius 2 is 1.57 bits per heavy atom. The molecule has 3 N–H and O–H groups in total. The first-order chi connectivity index (χ1) is 23.4. The molecule has 1 aliphatic heterocycles. The van der Waals surface area contributed by atoms with E-state index in [0.717, 1.165) is 29.5 Å². The highest BCUT2D eigenvalue weighted by molar-refractivity contribution is 6.01. The number of Topliss-reactive ketones (excluding diaryl/α,β-unsaturated/α-hetero) is 1. The zero-order valence-electron chi connectivity index (χ0n) is 28.1. The molecule has 0 saturated heterocycles. The Bertz CT molecular complexity index is 1720. The zero-order chi connectivity index (χ0) is 35.0. The second-order valence-electron chi connectivity index (χ2n) is 13.7. The number of aliphatic imine (C=N–C) groups is 1. The third-order valence-corrected chi connectivity index (χ3v) is 8.82. The number of anilines is 1. The zero-order valence-corrected chi connectivity index (χ0v) is 28.1.